The molecule has 7 heteroatoms. The summed E-state index contributed by atoms with van der Waals surface area (Å²) >= 11 is 0. The molecule has 0 saturated carbocycles. The van der Waals surface area contributed by atoms with Gasteiger partial charge in [-0.1, -0.05) is 12.1 Å². The SMILES string of the molecule is CCn1c(N)nc2cc3c(NCc4ccc(N(C)C)cc4)ncnc3cc21. The van der Waals surface area contributed by atoms with Crippen LogP contribution in [-0.2, 0) is 13.1 Å². The average Bonchev–Trinajstić information content (AvgIpc) is 2.98. The molecule has 2 aromatic carbocycles. The van der Waals surface area contributed by atoms with E-state index in [1.807, 2.05) is 30.8 Å². The summed E-state index contributed by atoms with van der Waals surface area (Å²) in [5.41, 5.74) is 11.1. The van der Waals surface area contributed by atoms with Gasteiger partial charge in [0.1, 0.15) is 12.1 Å². The molecule has 3 N–H and O–H groups in total. The first-order valence-corrected chi connectivity index (χ1v) is 8.97. The van der Waals surface area contributed by atoms with Crippen molar-refractivity contribution in [2.45, 2.75) is 20.0 Å². The van der Waals surface area contributed by atoms with Crippen LogP contribution >= 0.6 is 0 Å². The molecule has 0 atom stereocenters. The lowest BCUT2D eigenvalue weighted by molar-refractivity contribution is 0.800. The van der Waals surface area contributed by atoms with E-state index in [0.717, 1.165) is 34.3 Å². The van der Waals surface area contributed by atoms with E-state index >= 15 is 0 Å². The molecule has 0 bridgehead atoms. The van der Waals surface area contributed by atoms with Crippen LogP contribution in [0.4, 0.5) is 17.5 Å². The van der Waals surface area contributed by atoms with Crippen molar-refractivity contribution in [2.75, 3.05) is 30.0 Å². The number of imidazole rings is 1. The summed E-state index contributed by atoms with van der Waals surface area (Å²) in [5.74, 6) is 1.31. The van der Waals surface area contributed by atoms with E-state index in [0.29, 0.717) is 12.5 Å². The highest BCUT2D eigenvalue weighted by Gasteiger charge is 2.11. The van der Waals surface area contributed by atoms with Gasteiger partial charge in [-0.15, -0.1) is 0 Å². The molecule has 138 valence electrons. The van der Waals surface area contributed by atoms with Gasteiger partial charge >= 0.3 is 0 Å². The molecule has 0 amide bonds. The van der Waals surface area contributed by atoms with Crippen molar-refractivity contribution in [2.24, 2.45) is 0 Å². The third kappa shape index (κ3) is 3.12. The molecule has 0 saturated heterocycles. The minimum absolute atomic E-state index is 0.520. The van der Waals surface area contributed by atoms with E-state index in [-0.39, 0.29) is 0 Å². The van der Waals surface area contributed by atoms with Crippen molar-refractivity contribution in [3.8, 4) is 0 Å². The number of fused-ring (bicyclic) bond motifs is 2. The zero-order valence-corrected chi connectivity index (χ0v) is 15.8. The summed E-state index contributed by atoms with van der Waals surface area (Å²) in [6.07, 6.45) is 1.58. The molecule has 0 aliphatic heterocycles. The van der Waals surface area contributed by atoms with E-state index in [2.05, 4.69) is 56.4 Å². The molecule has 0 fully saturated rings. The summed E-state index contributed by atoms with van der Waals surface area (Å²) in [4.78, 5) is 15.4. The third-order valence-corrected chi connectivity index (χ3v) is 4.76. The fourth-order valence-corrected chi connectivity index (χ4v) is 3.26. The molecule has 0 spiro atoms. The molecule has 0 aliphatic rings. The Bertz CT molecular complexity index is 1100. The zero-order valence-electron chi connectivity index (χ0n) is 15.8. The van der Waals surface area contributed by atoms with E-state index in [9.17, 15) is 0 Å². The second kappa shape index (κ2) is 6.75. The number of aryl methyl sites for hydroxylation is 1. The molecule has 4 rings (SSSR count). The molecule has 2 heterocycles. The standard InChI is InChI=1S/C20H23N7/c1-4-27-18-10-16-15(9-17(18)25-20(27)21)19(24-12-23-16)22-11-13-5-7-14(8-6-13)26(2)3/h5-10,12H,4,11H2,1-3H3,(H2,21,25)(H,22,23,24). The molecule has 2 aromatic heterocycles. The summed E-state index contributed by atoms with van der Waals surface area (Å²) < 4.78 is 1.98. The number of nitrogens with one attached hydrogen (secondary N) is 1. The topological polar surface area (TPSA) is 84.9 Å². The number of aromatic nitrogens is 4. The Morgan fingerprint density at radius 2 is 1.85 bits per heavy atom. The highest BCUT2D eigenvalue weighted by Crippen LogP contribution is 2.27. The number of nitrogen functional groups attached to an aromatic ring is 1. The van der Waals surface area contributed by atoms with Crippen LogP contribution in [0.15, 0.2) is 42.7 Å². The zero-order chi connectivity index (χ0) is 19.0. The predicted molar refractivity (Wildman–Crippen MR) is 111 cm³/mol. The quantitative estimate of drug-likeness (QED) is 0.567. The highest BCUT2D eigenvalue weighted by atomic mass is 15.1. The van der Waals surface area contributed by atoms with Crippen molar-refractivity contribution >= 4 is 39.4 Å². The van der Waals surface area contributed by atoms with Crippen LogP contribution in [0.2, 0.25) is 0 Å². The van der Waals surface area contributed by atoms with Crippen molar-refractivity contribution in [1.29, 1.82) is 0 Å². The lowest BCUT2D eigenvalue weighted by atomic mass is 10.2. The van der Waals surface area contributed by atoms with E-state index in [4.69, 9.17) is 5.73 Å². The van der Waals surface area contributed by atoms with Crippen LogP contribution in [0.25, 0.3) is 21.9 Å². The number of hydrogen-bond acceptors (Lipinski definition) is 6. The monoisotopic (exact) mass is 361 g/mol. The highest BCUT2D eigenvalue weighted by molar-refractivity contribution is 5.99. The number of rotatable bonds is 5. The number of nitrogens with two attached hydrogens (primary N) is 1. The van der Waals surface area contributed by atoms with Crippen molar-refractivity contribution < 1.29 is 0 Å². The van der Waals surface area contributed by atoms with Gasteiger partial charge in [-0.25, -0.2) is 15.0 Å². The van der Waals surface area contributed by atoms with E-state index in [1.165, 1.54) is 11.3 Å². The summed E-state index contributed by atoms with van der Waals surface area (Å²) in [7, 11) is 4.07. The first-order chi connectivity index (χ1) is 13.1. The first kappa shape index (κ1) is 17.1. The number of hydrogen-bond donors (Lipinski definition) is 2. The maximum atomic E-state index is 6.03. The molecule has 4 aromatic rings. The largest absolute Gasteiger partial charge is 0.378 e. The second-order valence-corrected chi connectivity index (χ2v) is 6.71. The third-order valence-electron chi connectivity index (χ3n) is 4.76. The van der Waals surface area contributed by atoms with Crippen LogP contribution in [0.5, 0.6) is 0 Å². The summed E-state index contributed by atoms with van der Waals surface area (Å²) in [6.45, 7) is 3.51. The summed E-state index contributed by atoms with van der Waals surface area (Å²) in [5, 5.41) is 4.36. The predicted octanol–water partition coefficient (Wildman–Crippen LogP) is 3.26. The fraction of sp³-hybridized carbons (Fsp3) is 0.250. The number of anilines is 3. The van der Waals surface area contributed by atoms with Gasteiger partial charge < -0.3 is 20.5 Å². The smallest absolute Gasteiger partial charge is 0.201 e. The molecule has 27 heavy (non-hydrogen) atoms. The Kier molecular flexibility index (Phi) is 4.27. The maximum Gasteiger partial charge on any atom is 0.201 e. The Labute approximate surface area is 157 Å². The Balaban J connectivity index is 1.66. The lowest BCUT2D eigenvalue weighted by Gasteiger charge is -2.13. The van der Waals surface area contributed by atoms with Crippen LogP contribution in [-0.4, -0.2) is 33.6 Å². The molecule has 0 unspecified atom stereocenters. The minimum Gasteiger partial charge on any atom is -0.378 e. The van der Waals surface area contributed by atoms with Gasteiger partial charge in [0.05, 0.1) is 16.6 Å². The Hall–Kier alpha value is -3.35. The number of nitrogens with zero attached hydrogens (tertiary/aromatic N) is 5. The van der Waals surface area contributed by atoms with Gasteiger partial charge in [-0.3, -0.25) is 0 Å². The normalized spacial score (nSPS) is 11.2. The van der Waals surface area contributed by atoms with Gasteiger partial charge in [0.25, 0.3) is 0 Å². The van der Waals surface area contributed by atoms with Crippen LogP contribution < -0.4 is 16.0 Å². The van der Waals surface area contributed by atoms with Gasteiger partial charge in [-0.2, -0.15) is 0 Å². The second-order valence-electron chi connectivity index (χ2n) is 6.71. The van der Waals surface area contributed by atoms with Gasteiger partial charge in [0.15, 0.2) is 0 Å². The van der Waals surface area contributed by atoms with Gasteiger partial charge in [-0.05, 0) is 36.8 Å². The summed E-state index contributed by atoms with van der Waals surface area (Å²) in [6, 6.07) is 12.5. The van der Waals surface area contributed by atoms with Gasteiger partial charge in [0, 0.05) is 38.3 Å². The molecular weight excluding hydrogens is 338 g/mol. The van der Waals surface area contributed by atoms with Crippen LogP contribution in [0.1, 0.15) is 12.5 Å². The first-order valence-electron chi connectivity index (χ1n) is 8.97. The minimum atomic E-state index is 0.520. The average molecular weight is 361 g/mol. The van der Waals surface area contributed by atoms with Crippen LogP contribution in [0, 0.1) is 0 Å². The van der Waals surface area contributed by atoms with Crippen molar-refractivity contribution in [1.82, 2.24) is 19.5 Å². The number of benzene rings is 2. The Morgan fingerprint density at radius 3 is 2.56 bits per heavy atom. The molecular formula is C20H23N7. The Morgan fingerprint density at radius 1 is 1.07 bits per heavy atom. The van der Waals surface area contributed by atoms with E-state index in [1.54, 1.807) is 6.33 Å². The van der Waals surface area contributed by atoms with E-state index < -0.39 is 0 Å². The van der Waals surface area contributed by atoms with Crippen LogP contribution in [0.3, 0.4) is 0 Å². The molecule has 0 aliphatic carbocycles. The van der Waals surface area contributed by atoms with Gasteiger partial charge in [0.2, 0.25) is 5.95 Å². The maximum absolute atomic E-state index is 6.03. The lowest BCUT2D eigenvalue weighted by Crippen LogP contribution is -2.08. The molecule has 7 nitrogen and oxygen atoms in total. The van der Waals surface area contributed by atoms with Crippen molar-refractivity contribution in [3.05, 3.63) is 48.3 Å². The molecule has 0 radical (unpaired) electrons. The van der Waals surface area contributed by atoms with Crippen molar-refractivity contribution in [3.63, 3.8) is 0 Å². The fourth-order valence-electron chi connectivity index (χ4n) is 3.26.